The van der Waals surface area contributed by atoms with Gasteiger partial charge >= 0.3 is 0 Å². The minimum atomic E-state index is 0.177. The van der Waals surface area contributed by atoms with Crippen LogP contribution in [0.4, 0.5) is 0 Å². The van der Waals surface area contributed by atoms with E-state index in [0.29, 0.717) is 5.78 Å². The van der Waals surface area contributed by atoms with Gasteiger partial charge in [-0.25, -0.2) is 0 Å². The van der Waals surface area contributed by atoms with Crippen LogP contribution in [0.15, 0.2) is 18.2 Å². The van der Waals surface area contributed by atoms with Gasteiger partial charge in [-0.1, -0.05) is 26.0 Å². The molecule has 2 heteroatoms. The second kappa shape index (κ2) is 6.14. The van der Waals surface area contributed by atoms with Crippen LogP contribution in [0.2, 0.25) is 0 Å². The Labute approximate surface area is 110 Å². The summed E-state index contributed by atoms with van der Waals surface area (Å²) >= 11 is 0. The first kappa shape index (κ1) is 13.3. The predicted octanol–water partition coefficient (Wildman–Crippen LogP) is 2.99. The molecule has 1 aromatic rings. The summed E-state index contributed by atoms with van der Waals surface area (Å²) < 4.78 is 0. The zero-order valence-electron chi connectivity index (χ0n) is 11.5. The maximum absolute atomic E-state index is 12.6. The number of rotatable bonds is 4. The quantitative estimate of drug-likeness (QED) is 0.826. The van der Waals surface area contributed by atoms with Crippen LogP contribution in [0, 0.1) is 5.92 Å². The molecule has 98 valence electrons. The van der Waals surface area contributed by atoms with E-state index in [0.717, 1.165) is 44.3 Å². The number of hydrogen-bond donors (Lipinski definition) is 1. The Bertz CT molecular complexity index is 419. The number of piperidine rings is 1. The first-order chi connectivity index (χ1) is 8.76. The zero-order valence-corrected chi connectivity index (χ0v) is 11.5. The standard InChI is InChI=1S/C16H23NO/c1-3-12-7-8-13(4-2)15(10-12)16(18)14-6-5-9-17-11-14/h7-8,10,14,17H,3-6,9,11H2,1-2H3. The first-order valence-electron chi connectivity index (χ1n) is 7.13. The molecule has 0 amide bonds. The molecule has 18 heavy (non-hydrogen) atoms. The summed E-state index contributed by atoms with van der Waals surface area (Å²) in [7, 11) is 0. The van der Waals surface area contributed by atoms with Crippen molar-refractivity contribution >= 4 is 5.78 Å². The van der Waals surface area contributed by atoms with Gasteiger partial charge in [-0.2, -0.15) is 0 Å². The summed E-state index contributed by atoms with van der Waals surface area (Å²) in [4.78, 5) is 12.6. The van der Waals surface area contributed by atoms with Crippen molar-refractivity contribution in [1.29, 1.82) is 0 Å². The largest absolute Gasteiger partial charge is 0.316 e. The minimum absolute atomic E-state index is 0.177. The van der Waals surface area contributed by atoms with Crippen LogP contribution in [0.3, 0.4) is 0 Å². The van der Waals surface area contributed by atoms with E-state index in [2.05, 4.69) is 37.4 Å². The maximum Gasteiger partial charge on any atom is 0.167 e. The molecular weight excluding hydrogens is 222 g/mol. The summed E-state index contributed by atoms with van der Waals surface area (Å²) in [5.41, 5.74) is 3.42. The lowest BCUT2D eigenvalue weighted by atomic mass is 9.87. The summed E-state index contributed by atoms with van der Waals surface area (Å²) in [6.07, 6.45) is 4.08. The van der Waals surface area contributed by atoms with Gasteiger partial charge in [0.05, 0.1) is 0 Å². The van der Waals surface area contributed by atoms with Crippen molar-refractivity contribution in [3.05, 3.63) is 34.9 Å². The highest BCUT2D eigenvalue weighted by atomic mass is 16.1. The smallest absolute Gasteiger partial charge is 0.167 e. The fourth-order valence-corrected chi connectivity index (χ4v) is 2.68. The number of aryl methyl sites for hydroxylation is 2. The van der Waals surface area contributed by atoms with Gasteiger partial charge in [0.25, 0.3) is 0 Å². The molecule has 1 unspecified atom stereocenters. The van der Waals surface area contributed by atoms with Gasteiger partial charge in [0.2, 0.25) is 0 Å². The molecule has 1 aromatic carbocycles. The highest BCUT2D eigenvalue weighted by Gasteiger charge is 2.23. The molecule has 2 nitrogen and oxygen atoms in total. The van der Waals surface area contributed by atoms with Crippen LogP contribution in [0.5, 0.6) is 0 Å². The van der Waals surface area contributed by atoms with Crippen molar-refractivity contribution in [2.75, 3.05) is 13.1 Å². The second-order valence-electron chi connectivity index (χ2n) is 5.11. The monoisotopic (exact) mass is 245 g/mol. The molecule has 0 spiro atoms. The minimum Gasteiger partial charge on any atom is -0.316 e. The Morgan fingerprint density at radius 2 is 2.17 bits per heavy atom. The fourth-order valence-electron chi connectivity index (χ4n) is 2.68. The highest BCUT2D eigenvalue weighted by Crippen LogP contribution is 2.21. The lowest BCUT2D eigenvalue weighted by molar-refractivity contribution is 0.0898. The Morgan fingerprint density at radius 3 is 2.78 bits per heavy atom. The van der Waals surface area contributed by atoms with E-state index < -0.39 is 0 Å². The predicted molar refractivity (Wildman–Crippen MR) is 75.1 cm³/mol. The van der Waals surface area contributed by atoms with Crippen molar-refractivity contribution < 1.29 is 4.79 Å². The van der Waals surface area contributed by atoms with Crippen LogP contribution >= 0.6 is 0 Å². The number of ketones is 1. The van der Waals surface area contributed by atoms with E-state index in [4.69, 9.17) is 0 Å². The van der Waals surface area contributed by atoms with Gasteiger partial charge in [-0.15, -0.1) is 0 Å². The average molecular weight is 245 g/mol. The van der Waals surface area contributed by atoms with Crippen LogP contribution < -0.4 is 5.32 Å². The number of Topliss-reactive ketones (excluding diaryl/α,β-unsaturated/α-hetero) is 1. The molecule has 1 aliphatic heterocycles. The van der Waals surface area contributed by atoms with Crippen LogP contribution in [-0.4, -0.2) is 18.9 Å². The molecule has 1 atom stereocenters. The Kier molecular flexibility index (Phi) is 4.54. The maximum atomic E-state index is 12.6. The summed E-state index contributed by atoms with van der Waals surface area (Å²) in [5.74, 6) is 0.519. The lowest BCUT2D eigenvalue weighted by Gasteiger charge is -2.22. The molecule has 0 aliphatic carbocycles. The van der Waals surface area contributed by atoms with E-state index in [1.807, 2.05) is 0 Å². The summed E-state index contributed by atoms with van der Waals surface area (Å²) in [5, 5.41) is 3.33. The number of carbonyl (C=O) groups is 1. The third-order valence-corrected chi connectivity index (χ3v) is 3.90. The van der Waals surface area contributed by atoms with E-state index >= 15 is 0 Å². The highest BCUT2D eigenvalue weighted by molar-refractivity contribution is 5.99. The topological polar surface area (TPSA) is 29.1 Å². The van der Waals surface area contributed by atoms with Gasteiger partial charge in [-0.05, 0) is 49.4 Å². The van der Waals surface area contributed by atoms with Crippen molar-refractivity contribution in [3.8, 4) is 0 Å². The van der Waals surface area contributed by atoms with Crippen LogP contribution in [0.1, 0.15) is 48.2 Å². The molecular formula is C16H23NO. The SMILES string of the molecule is CCc1ccc(CC)c(C(=O)C2CCCNC2)c1. The van der Waals surface area contributed by atoms with Crippen molar-refractivity contribution in [2.45, 2.75) is 39.5 Å². The summed E-state index contributed by atoms with van der Waals surface area (Å²) in [6.45, 7) is 6.16. The normalized spacial score (nSPS) is 19.8. The average Bonchev–Trinajstić information content (AvgIpc) is 2.46. The van der Waals surface area contributed by atoms with E-state index in [1.54, 1.807) is 0 Å². The number of carbonyl (C=O) groups excluding carboxylic acids is 1. The van der Waals surface area contributed by atoms with Gasteiger partial charge < -0.3 is 5.32 Å². The van der Waals surface area contributed by atoms with Crippen LogP contribution in [-0.2, 0) is 12.8 Å². The third kappa shape index (κ3) is 2.81. The number of nitrogens with one attached hydrogen (secondary N) is 1. The van der Waals surface area contributed by atoms with Crippen LogP contribution in [0.25, 0.3) is 0 Å². The van der Waals surface area contributed by atoms with Gasteiger partial charge in [0.15, 0.2) is 5.78 Å². The molecule has 0 saturated carbocycles. The van der Waals surface area contributed by atoms with E-state index in [1.165, 1.54) is 11.1 Å². The molecule has 0 radical (unpaired) electrons. The molecule has 2 rings (SSSR count). The molecule has 1 aliphatic rings. The molecule has 1 N–H and O–H groups in total. The van der Waals surface area contributed by atoms with Gasteiger partial charge in [-0.3, -0.25) is 4.79 Å². The van der Waals surface area contributed by atoms with Crippen molar-refractivity contribution in [1.82, 2.24) is 5.32 Å². The lowest BCUT2D eigenvalue weighted by Crippen LogP contribution is -2.34. The second-order valence-corrected chi connectivity index (χ2v) is 5.11. The Hall–Kier alpha value is -1.15. The van der Waals surface area contributed by atoms with E-state index in [-0.39, 0.29) is 5.92 Å². The van der Waals surface area contributed by atoms with E-state index in [9.17, 15) is 4.79 Å². The van der Waals surface area contributed by atoms with Crippen molar-refractivity contribution in [3.63, 3.8) is 0 Å². The zero-order chi connectivity index (χ0) is 13.0. The third-order valence-electron chi connectivity index (χ3n) is 3.90. The van der Waals surface area contributed by atoms with Gasteiger partial charge in [0.1, 0.15) is 0 Å². The molecule has 1 heterocycles. The molecule has 0 aromatic heterocycles. The summed E-state index contributed by atoms with van der Waals surface area (Å²) in [6, 6.07) is 6.38. The first-order valence-corrected chi connectivity index (χ1v) is 7.13. The number of benzene rings is 1. The Balaban J connectivity index is 2.26. The molecule has 1 saturated heterocycles. The molecule has 1 fully saturated rings. The van der Waals surface area contributed by atoms with Crippen molar-refractivity contribution in [2.24, 2.45) is 5.92 Å². The number of hydrogen-bond acceptors (Lipinski definition) is 2. The fraction of sp³-hybridized carbons (Fsp3) is 0.562. The van der Waals surface area contributed by atoms with Gasteiger partial charge in [0, 0.05) is 18.0 Å². The molecule has 0 bridgehead atoms. The Morgan fingerprint density at radius 1 is 1.33 bits per heavy atom.